The predicted octanol–water partition coefficient (Wildman–Crippen LogP) is 3.32. The first-order valence-corrected chi connectivity index (χ1v) is 6.66. The summed E-state index contributed by atoms with van der Waals surface area (Å²) in [7, 11) is 0. The van der Waals surface area contributed by atoms with Crippen LogP contribution in [0.5, 0.6) is 0 Å². The standard InChI is InChI=1S/C14H17ClN4/c1-4-12-18-13(15)10(3)14(19-12)17-8-11-6-5-9(2)16-7-11/h5-7H,4,8H2,1-3H3,(H,17,18,19). The third kappa shape index (κ3) is 3.41. The fourth-order valence-electron chi connectivity index (χ4n) is 1.65. The lowest BCUT2D eigenvalue weighted by molar-refractivity contribution is 0.921. The van der Waals surface area contributed by atoms with Gasteiger partial charge < -0.3 is 5.32 Å². The van der Waals surface area contributed by atoms with Crippen LogP contribution in [-0.2, 0) is 13.0 Å². The Hall–Kier alpha value is -1.68. The number of pyridine rings is 1. The summed E-state index contributed by atoms with van der Waals surface area (Å²) in [5, 5.41) is 3.80. The lowest BCUT2D eigenvalue weighted by Gasteiger charge is -2.11. The van der Waals surface area contributed by atoms with Crippen LogP contribution in [0.25, 0.3) is 0 Å². The second kappa shape index (κ2) is 5.97. The minimum Gasteiger partial charge on any atom is -0.366 e. The molecule has 0 amide bonds. The van der Waals surface area contributed by atoms with Crippen molar-refractivity contribution in [3.63, 3.8) is 0 Å². The summed E-state index contributed by atoms with van der Waals surface area (Å²) in [4.78, 5) is 12.9. The van der Waals surface area contributed by atoms with Gasteiger partial charge in [-0.05, 0) is 25.5 Å². The van der Waals surface area contributed by atoms with Gasteiger partial charge >= 0.3 is 0 Å². The molecule has 2 rings (SSSR count). The fraction of sp³-hybridized carbons (Fsp3) is 0.357. The van der Waals surface area contributed by atoms with E-state index in [4.69, 9.17) is 11.6 Å². The molecule has 0 aliphatic carbocycles. The molecule has 2 aromatic heterocycles. The van der Waals surface area contributed by atoms with Crippen LogP contribution in [0.4, 0.5) is 5.82 Å². The topological polar surface area (TPSA) is 50.7 Å². The summed E-state index contributed by atoms with van der Waals surface area (Å²) < 4.78 is 0. The molecule has 0 aromatic carbocycles. The van der Waals surface area contributed by atoms with E-state index in [-0.39, 0.29) is 0 Å². The molecule has 0 unspecified atom stereocenters. The van der Waals surface area contributed by atoms with Gasteiger partial charge in [0, 0.05) is 30.4 Å². The number of halogens is 1. The van der Waals surface area contributed by atoms with Crippen molar-refractivity contribution in [1.29, 1.82) is 0 Å². The van der Waals surface area contributed by atoms with E-state index in [9.17, 15) is 0 Å². The third-order valence-electron chi connectivity index (χ3n) is 2.88. The molecule has 0 bridgehead atoms. The summed E-state index contributed by atoms with van der Waals surface area (Å²) in [5.74, 6) is 1.54. The Labute approximate surface area is 118 Å². The summed E-state index contributed by atoms with van der Waals surface area (Å²) in [6.45, 7) is 6.57. The first-order valence-electron chi connectivity index (χ1n) is 6.28. The van der Waals surface area contributed by atoms with Gasteiger partial charge in [0.05, 0.1) is 0 Å². The summed E-state index contributed by atoms with van der Waals surface area (Å²) >= 11 is 6.10. The second-order valence-electron chi connectivity index (χ2n) is 4.42. The SMILES string of the molecule is CCc1nc(Cl)c(C)c(NCc2ccc(C)nc2)n1. The van der Waals surface area contributed by atoms with Crippen LogP contribution in [0.15, 0.2) is 18.3 Å². The molecule has 19 heavy (non-hydrogen) atoms. The first kappa shape index (κ1) is 13.7. The Balaban J connectivity index is 2.14. The largest absolute Gasteiger partial charge is 0.366 e. The van der Waals surface area contributed by atoms with Crippen molar-refractivity contribution in [2.75, 3.05) is 5.32 Å². The molecule has 0 aliphatic rings. The number of anilines is 1. The zero-order valence-electron chi connectivity index (χ0n) is 11.4. The maximum atomic E-state index is 6.10. The van der Waals surface area contributed by atoms with Gasteiger partial charge in [0.25, 0.3) is 0 Å². The Bertz CT molecular complexity index is 566. The summed E-state index contributed by atoms with van der Waals surface area (Å²) in [6, 6.07) is 4.04. The molecule has 0 saturated heterocycles. The van der Waals surface area contributed by atoms with Gasteiger partial charge in [-0.2, -0.15) is 0 Å². The lowest BCUT2D eigenvalue weighted by Crippen LogP contribution is -2.07. The Morgan fingerprint density at radius 1 is 1.21 bits per heavy atom. The van der Waals surface area contributed by atoms with E-state index in [1.54, 1.807) is 0 Å². The zero-order chi connectivity index (χ0) is 13.8. The van der Waals surface area contributed by atoms with Crippen molar-refractivity contribution in [2.45, 2.75) is 33.7 Å². The van der Waals surface area contributed by atoms with Crippen molar-refractivity contribution in [2.24, 2.45) is 0 Å². The molecule has 2 aromatic rings. The van der Waals surface area contributed by atoms with Crippen LogP contribution in [-0.4, -0.2) is 15.0 Å². The minimum absolute atomic E-state index is 0.511. The van der Waals surface area contributed by atoms with Crippen molar-refractivity contribution in [3.8, 4) is 0 Å². The average Bonchev–Trinajstić information content (AvgIpc) is 2.42. The van der Waals surface area contributed by atoms with Gasteiger partial charge in [-0.1, -0.05) is 24.6 Å². The van der Waals surface area contributed by atoms with Gasteiger partial charge in [0.1, 0.15) is 16.8 Å². The van der Waals surface area contributed by atoms with Crippen LogP contribution in [0.3, 0.4) is 0 Å². The second-order valence-corrected chi connectivity index (χ2v) is 4.78. The zero-order valence-corrected chi connectivity index (χ0v) is 12.1. The molecule has 0 radical (unpaired) electrons. The van der Waals surface area contributed by atoms with Crippen LogP contribution in [0, 0.1) is 13.8 Å². The van der Waals surface area contributed by atoms with Gasteiger partial charge in [0.15, 0.2) is 0 Å². The molecule has 1 N–H and O–H groups in total. The first-order chi connectivity index (χ1) is 9.10. The number of hydrogen-bond acceptors (Lipinski definition) is 4. The molecule has 0 fully saturated rings. The number of hydrogen-bond donors (Lipinski definition) is 1. The van der Waals surface area contributed by atoms with E-state index >= 15 is 0 Å². The molecule has 100 valence electrons. The highest BCUT2D eigenvalue weighted by Crippen LogP contribution is 2.20. The molecule has 5 heteroatoms. The van der Waals surface area contributed by atoms with Gasteiger partial charge in [-0.15, -0.1) is 0 Å². The quantitative estimate of drug-likeness (QED) is 0.871. The highest BCUT2D eigenvalue weighted by Gasteiger charge is 2.08. The molecule has 0 aliphatic heterocycles. The highest BCUT2D eigenvalue weighted by molar-refractivity contribution is 6.30. The Kier molecular flexibility index (Phi) is 4.32. The minimum atomic E-state index is 0.511. The van der Waals surface area contributed by atoms with Crippen LogP contribution in [0.2, 0.25) is 5.15 Å². The van der Waals surface area contributed by atoms with E-state index < -0.39 is 0 Å². The smallest absolute Gasteiger partial charge is 0.137 e. The van der Waals surface area contributed by atoms with Crippen molar-refractivity contribution in [1.82, 2.24) is 15.0 Å². The highest BCUT2D eigenvalue weighted by atomic mass is 35.5. The number of aromatic nitrogens is 3. The number of aryl methyl sites for hydroxylation is 2. The van der Waals surface area contributed by atoms with Gasteiger partial charge in [0.2, 0.25) is 0 Å². The Morgan fingerprint density at radius 3 is 2.63 bits per heavy atom. The third-order valence-corrected chi connectivity index (χ3v) is 3.25. The Morgan fingerprint density at radius 2 is 2.00 bits per heavy atom. The average molecular weight is 277 g/mol. The number of nitrogens with zero attached hydrogens (tertiary/aromatic N) is 3. The normalized spacial score (nSPS) is 10.5. The van der Waals surface area contributed by atoms with E-state index in [0.717, 1.165) is 34.9 Å². The molecule has 0 spiro atoms. The fourth-order valence-corrected chi connectivity index (χ4v) is 1.84. The molecular formula is C14H17ClN4. The van der Waals surface area contributed by atoms with Gasteiger partial charge in [-0.3, -0.25) is 4.98 Å². The van der Waals surface area contributed by atoms with E-state index in [1.807, 2.05) is 39.1 Å². The van der Waals surface area contributed by atoms with Gasteiger partial charge in [-0.25, -0.2) is 9.97 Å². The molecule has 4 nitrogen and oxygen atoms in total. The lowest BCUT2D eigenvalue weighted by atomic mass is 10.2. The van der Waals surface area contributed by atoms with Crippen molar-refractivity contribution < 1.29 is 0 Å². The van der Waals surface area contributed by atoms with E-state index in [0.29, 0.717) is 11.7 Å². The van der Waals surface area contributed by atoms with Crippen molar-refractivity contribution in [3.05, 3.63) is 46.1 Å². The van der Waals surface area contributed by atoms with Crippen LogP contribution in [0.1, 0.15) is 29.6 Å². The number of nitrogens with one attached hydrogen (secondary N) is 1. The predicted molar refractivity (Wildman–Crippen MR) is 77.5 cm³/mol. The molecule has 0 saturated carbocycles. The number of rotatable bonds is 4. The van der Waals surface area contributed by atoms with Crippen molar-refractivity contribution >= 4 is 17.4 Å². The molecule has 2 heterocycles. The van der Waals surface area contributed by atoms with Crippen LogP contribution < -0.4 is 5.32 Å². The summed E-state index contributed by atoms with van der Waals surface area (Å²) in [5.41, 5.74) is 3.00. The molecule has 0 atom stereocenters. The summed E-state index contributed by atoms with van der Waals surface area (Å²) in [6.07, 6.45) is 2.63. The molecular weight excluding hydrogens is 260 g/mol. The maximum Gasteiger partial charge on any atom is 0.137 e. The monoisotopic (exact) mass is 276 g/mol. The maximum absolute atomic E-state index is 6.10. The van der Waals surface area contributed by atoms with E-state index in [2.05, 4.69) is 20.3 Å². The van der Waals surface area contributed by atoms with E-state index in [1.165, 1.54) is 0 Å². The van der Waals surface area contributed by atoms with Crippen LogP contribution >= 0.6 is 11.6 Å².